The topological polar surface area (TPSA) is 101 Å². The number of sulfonamides is 1. The van der Waals surface area contributed by atoms with Gasteiger partial charge in [-0.15, -0.1) is 0 Å². The van der Waals surface area contributed by atoms with Crippen molar-refractivity contribution in [3.8, 4) is 0 Å². The molecule has 0 unspecified atom stereocenters. The molecule has 0 saturated carbocycles. The molecule has 3 aromatic rings. The van der Waals surface area contributed by atoms with Crippen molar-refractivity contribution in [1.29, 1.82) is 0 Å². The van der Waals surface area contributed by atoms with Crippen molar-refractivity contribution in [1.82, 2.24) is 14.7 Å². The van der Waals surface area contributed by atoms with Crippen molar-refractivity contribution in [3.05, 3.63) is 59.4 Å². The molecule has 0 fully saturated rings. The lowest BCUT2D eigenvalue weighted by Crippen LogP contribution is -2.42. The van der Waals surface area contributed by atoms with Gasteiger partial charge in [-0.05, 0) is 55.0 Å². The minimum atomic E-state index is -3.85. The van der Waals surface area contributed by atoms with Gasteiger partial charge < -0.3 is 9.72 Å². The van der Waals surface area contributed by atoms with E-state index in [2.05, 4.69) is 14.7 Å². The van der Waals surface area contributed by atoms with Crippen LogP contribution >= 0.6 is 0 Å². The fourth-order valence-corrected chi connectivity index (χ4v) is 4.62. The molecule has 2 N–H and O–H groups in total. The molecule has 0 aliphatic heterocycles. The zero-order chi connectivity index (χ0) is 21.9. The summed E-state index contributed by atoms with van der Waals surface area (Å²) < 4.78 is 32.7. The summed E-state index contributed by atoms with van der Waals surface area (Å²) in [4.78, 5) is 19.8. The van der Waals surface area contributed by atoms with Crippen molar-refractivity contribution >= 4 is 27.0 Å². The number of aromatic nitrogens is 2. The van der Waals surface area contributed by atoms with E-state index in [4.69, 9.17) is 4.74 Å². The third kappa shape index (κ3) is 5.06. The highest BCUT2D eigenvalue weighted by atomic mass is 32.2. The number of fused-ring (bicyclic) bond motifs is 1. The number of hydrogen-bond donors (Lipinski definition) is 2. The zero-order valence-corrected chi connectivity index (χ0v) is 18.4. The molecule has 0 aliphatic carbocycles. The molecule has 3 rings (SSSR count). The van der Waals surface area contributed by atoms with Crippen LogP contribution in [0.1, 0.15) is 37.2 Å². The van der Waals surface area contributed by atoms with Crippen LogP contribution < -0.4 is 4.72 Å². The molecule has 1 aromatic heterocycles. The number of imidazole rings is 1. The van der Waals surface area contributed by atoms with Gasteiger partial charge in [-0.3, -0.25) is 4.79 Å². The number of aryl methyl sites for hydroxylation is 1. The molecule has 0 saturated heterocycles. The Kier molecular flexibility index (Phi) is 6.58. The smallest absolute Gasteiger partial charge is 0.323 e. The SMILES string of the molecule is COC(=O)[C@H](CC(C)C)NS(=O)(=O)c1ccc(Cc2cccc3[nH]c(C)nc23)cc1. The van der Waals surface area contributed by atoms with Crippen molar-refractivity contribution in [2.75, 3.05) is 7.11 Å². The summed E-state index contributed by atoms with van der Waals surface area (Å²) in [6.07, 6.45) is 0.991. The number of rotatable bonds is 8. The van der Waals surface area contributed by atoms with E-state index in [1.807, 2.05) is 39.0 Å². The molecule has 1 atom stereocenters. The van der Waals surface area contributed by atoms with Crippen molar-refractivity contribution in [2.24, 2.45) is 5.92 Å². The fourth-order valence-electron chi connectivity index (χ4n) is 3.43. The van der Waals surface area contributed by atoms with Gasteiger partial charge in [0, 0.05) is 0 Å². The van der Waals surface area contributed by atoms with Gasteiger partial charge in [-0.25, -0.2) is 13.4 Å². The average Bonchev–Trinajstić information content (AvgIpc) is 3.08. The summed E-state index contributed by atoms with van der Waals surface area (Å²) in [6, 6.07) is 11.7. The van der Waals surface area contributed by atoms with E-state index in [-0.39, 0.29) is 10.8 Å². The second-order valence-corrected chi connectivity index (χ2v) is 9.50. The molecular weight excluding hydrogens is 402 g/mol. The number of hydrogen-bond acceptors (Lipinski definition) is 5. The molecule has 0 spiro atoms. The number of nitrogens with zero attached hydrogens (tertiary/aromatic N) is 1. The number of benzene rings is 2. The first-order valence-corrected chi connectivity index (χ1v) is 11.3. The summed E-state index contributed by atoms with van der Waals surface area (Å²) in [5, 5.41) is 0. The standard InChI is InChI=1S/C22H27N3O4S/c1-14(2)12-20(22(26)29-4)25-30(27,28)18-10-8-16(9-11-18)13-17-6-5-7-19-21(17)24-15(3)23-19/h5-11,14,20,25H,12-13H2,1-4H3,(H,23,24)/t20-/m0/s1. The van der Waals surface area contributed by atoms with Crippen LogP contribution in [0.3, 0.4) is 0 Å². The molecule has 1 heterocycles. The minimum absolute atomic E-state index is 0.109. The predicted octanol–water partition coefficient (Wildman–Crippen LogP) is 3.33. The molecule has 160 valence electrons. The maximum absolute atomic E-state index is 12.8. The highest BCUT2D eigenvalue weighted by molar-refractivity contribution is 7.89. The number of carbonyl (C=O) groups excluding carboxylic acids is 1. The number of carbonyl (C=O) groups is 1. The Balaban J connectivity index is 1.79. The lowest BCUT2D eigenvalue weighted by molar-refractivity contribution is -0.143. The molecule has 8 heteroatoms. The maximum Gasteiger partial charge on any atom is 0.323 e. The summed E-state index contributed by atoms with van der Waals surface area (Å²) in [5.74, 6) is 0.394. The number of H-pyrrole nitrogens is 1. The van der Waals surface area contributed by atoms with E-state index in [9.17, 15) is 13.2 Å². The van der Waals surface area contributed by atoms with E-state index in [0.717, 1.165) is 28.0 Å². The summed E-state index contributed by atoms with van der Waals surface area (Å²) >= 11 is 0. The van der Waals surface area contributed by atoms with Gasteiger partial charge in [0.15, 0.2) is 0 Å². The van der Waals surface area contributed by atoms with Gasteiger partial charge in [0.1, 0.15) is 11.9 Å². The molecule has 2 aromatic carbocycles. The van der Waals surface area contributed by atoms with Crippen LogP contribution in [0.5, 0.6) is 0 Å². The zero-order valence-electron chi connectivity index (χ0n) is 17.6. The molecule has 0 aliphatic rings. The molecule has 30 heavy (non-hydrogen) atoms. The van der Waals surface area contributed by atoms with Crippen LogP contribution in [0.15, 0.2) is 47.4 Å². The summed E-state index contributed by atoms with van der Waals surface area (Å²) in [5.41, 5.74) is 3.93. The average molecular weight is 430 g/mol. The third-order valence-electron chi connectivity index (χ3n) is 4.83. The van der Waals surface area contributed by atoms with Crippen LogP contribution in [-0.2, 0) is 26.0 Å². The first-order chi connectivity index (χ1) is 14.2. The monoisotopic (exact) mass is 429 g/mol. The number of esters is 1. The van der Waals surface area contributed by atoms with Gasteiger partial charge in [0.05, 0.1) is 23.0 Å². The normalized spacial score (nSPS) is 13.0. The van der Waals surface area contributed by atoms with Gasteiger partial charge in [0.25, 0.3) is 0 Å². The lowest BCUT2D eigenvalue weighted by Gasteiger charge is -2.18. The van der Waals surface area contributed by atoms with E-state index >= 15 is 0 Å². The van der Waals surface area contributed by atoms with Crippen LogP contribution in [0.25, 0.3) is 11.0 Å². The van der Waals surface area contributed by atoms with Crippen LogP contribution in [-0.4, -0.2) is 37.5 Å². The van der Waals surface area contributed by atoms with Gasteiger partial charge in [-0.2, -0.15) is 4.72 Å². The van der Waals surface area contributed by atoms with Crippen molar-refractivity contribution < 1.29 is 17.9 Å². The summed E-state index contributed by atoms with van der Waals surface area (Å²) in [7, 11) is -2.60. The number of nitrogens with one attached hydrogen (secondary N) is 2. The van der Waals surface area contributed by atoms with Crippen LogP contribution in [0, 0.1) is 12.8 Å². The first-order valence-electron chi connectivity index (χ1n) is 9.83. The Morgan fingerprint density at radius 3 is 2.50 bits per heavy atom. The molecule has 0 radical (unpaired) electrons. The lowest BCUT2D eigenvalue weighted by atomic mass is 10.0. The van der Waals surface area contributed by atoms with Crippen LogP contribution in [0.4, 0.5) is 0 Å². The Morgan fingerprint density at radius 1 is 1.17 bits per heavy atom. The number of methoxy groups -OCH3 is 1. The number of para-hydroxylation sites is 1. The highest BCUT2D eigenvalue weighted by Crippen LogP contribution is 2.21. The van der Waals surface area contributed by atoms with E-state index < -0.39 is 22.0 Å². The minimum Gasteiger partial charge on any atom is -0.468 e. The van der Waals surface area contributed by atoms with Crippen LogP contribution in [0.2, 0.25) is 0 Å². The van der Waals surface area contributed by atoms with Gasteiger partial charge in [-0.1, -0.05) is 38.1 Å². The third-order valence-corrected chi connectivity index (χ3v) is 6.32. The second-order valence-electron chi connectivity index (χ2n) is 7.78. The Bertz CT molecular complexity index is 1130. The van der Waals surface area contributed by atoms with Crippen molar-refractivity contribution in [3.63, 3.8) is 0 Å². The highest BCUT2D eigenvalue weighted by Gasteiger charge is 2.27. The second kappa shape index (κ2) is 8.97. The predicted molar refractivity (Wildman–Crippen MR) is 116 cm³/mol. The first kappa shape index (κ1) is 22.0. The fraction of sp³-hybridized carbons (Fsp3) is 0.364. The Labute approximate surface area is 176 Å². The largest absolute Gasteiger partial charge is 0.468 e. The number of aromatic amines is 1. The molecule has 0 bridgehead atoms. The quantitative estimate of drug-likeness (QED) is 0.535. The number of ether oxygens (including phenoxy) is 1. The van der Waals surface area contributed by atoms with Crippen molar-refractivity contribution in [2.45, 2.75) is 44.6 Å². The Morgan fingerprint density at radius 2 is 1.87 bits per heavy atom. The van der Waals surface area contributed by atoms with Gasteiger partial charge in [0.2, 0.25) is 10.0 Å². The summed E-state index contributed by atoms with van der Waals surface area (Å²) in [6.45, 7) is 5.75. The maximum atomic E-state index is 12.8. The molecular formula is C22H27N3O4S. The molecule has 7 nitrogen and oxygen atoms in total. The molecule has 0 amide bonds. The van der Waals surface area contributed by atoms with E-state index in [0.29, 0.717) is 12.8 Å². The van der Waals surface area contributed by atoms with E-state index in [1.54, 1.807) is 24.3 Å². The van der Waals surface area contributed by atoms with Gasteiger partial charge >= 0.3 is 5.97 Å². The Hall–Kier alpha value is -2.71. The van der Waals surface area contributed by atoms with E-state index in [1.165, 1.54) is 7.11 Å².